The van der Waals surface area contributed by atoms with E-state index < -0.39 is 0 Å². The van der Waals surface area contributed by atoms with E-state index in [0.717, 1.165) is 11.3 Å². The zero-order valence-corrected chi connectivity index (χ0v) is 10.5. The molecule has 88 valence electrons. The Hall–Kier alpha value is -1.88. The van der Waals surface area contributed by atoms with E-state index in [1.54, 1.807) is 12.1 Å². The van der Waals surface area contributed by atoms with Crippen molar-refractivity contribution in [2.24, 2.45) is 0 Å². The molecule has 0 spiro atoms. The Morgan fingerprint density at radius 3 is 2.82 bits per heavy atom. The number of nitrogens with zero attached hydrogens (tertiary/aromatic N) is 1. The van der Waals surface area contributed by atoms with E-state index >= 15 is 0 Å². The molecule has 17 heavy (non-hydrogen) atoms. The van der Waals surface area contributed by atoms with Gasteiger partial charge in [0.15, 0.2) is 5.13 Å². The normalized spacial score (nSPS) is 10.2. The number of hydrogen-bond acceptors (Lipinski definition) is 4. The molecular weight excluding hydrogens is 234 g/mol. The number of benzene rings is 1. The molecule has 0 unspecified atom stereocenters. The van der Waals surface area contributed by atoms with Gasteiger partial charge in [0.1, 0.15) is 0 Å². The average molecular weight is 247 g/mol. The van der Waals surface area contributed by atoms with Crippen molar-refractivity contribution in [3.63, 3.8) is 0 Å². The van der Waals surface area contributed by atoms with Crippen LogP contribution >= 0.6 is 11.3 Å². The fourth-order valence-electron chi connectivity index (χ4n) is 1.46. The van der Waals surface area contributed by atoms with Gasteiger partial charge in [-0.25, -0.2) is 4.98 Å². The Bertz CT molecular complexity index is 563. The predicted molar refractivity (Wildman–Crippen MR) is 70.4 cm³/mol. The molecule has 0 fully saturated rings. The molecule has 0 aliphatic carbocycles. The zero-order chi connectivity index (χ0) is 12.4. The average Bonchev–Trinajstić information content (AvgIpc) is 2.67. The molecule has 0 radical (unpaired) electrons. The highest BCUT2D eigenvalue weighted by atomic mass is 32.1. The van der Waals surface area contributed by atoms with Crippen molar-refractivity contribution in [3.8, 4) is 0 Å². The van der Waals surface area contributed by atoms with Gasteiger partial charge in [-0.15, -0.1) is 11.3 Å². The lowest BCUT2D eigenvalue weighted by Crippen LogP contribution is -2.13. The molecule has 4 nitrogen and oxygen atoms in total. The van der Waals surface area contributed by atoms with Crippen molar-refractivity contribution in [2.45, 2.75) is 13.8 Å². The maximum Gasteiger partial charge on any atom is 0.257 e. The first-order valence-electron chi connectivity index (χ1n) is 5.16. The number of amides is 1. The first-order valence-corrected chi connectivity index (χ1v) is 6.04. The van der Waals surface area contributed by atoms with E-state index in [1.807, 2.05) is 25.3 Å². The van der Waals surface area contributed by atoms with Gasteiger partial charge < -0.3 is 5.73 Å². The van der Waals surface area contributed by atoms with Crippen LogP contribution in [-0.2, 0) is 0 Å². The van der Waals surface area contributed by atoms with Gasteiger partial charge in [0.05, 0.1) is 5.69 Å². The van der Waals surface area contributed by atoms with Crippen LogP contribution in [0.3, 0.4) is 0 Å². The molecule has 1 aromatic carbocycles. The first-order chi connectivity index (χ1) is 8.06. The molecule has 2 rings (SSSR count). The van der Waals surface area contributed by atoms with Gasteiger partial charge in [0.2, 0.25) is 0 Å². The predicted octanol–water partition coefficient (Wildman–Crippen LogP) is 2.59. The number of thiazole rings is 1. The van der Waals surface area contributed by atoms with E-state index in [9.17, 15) is 4.79 Å². The van der Waals surface area contributed by atoms with Crippen LogP contribution in [-0.4, -0.2) is 10.9 Å². The fraction of sp³-hybridized carbons (Fsp3) is 0.167. The van der Waals surface area contributed by atoms with E-state index in [0.29, 0.717) is 16.4 Å². The van der Waals surface area contributed by atoms with Gasteiger partial charge in [-0.05, 0) is 31.5 Å². The minimum atomic E-state index is -0.177. The van der Waals surface area contributed by atoms with Crippen LogP contribution in [0.2, 0.25) is 0 Å². The summed E-state index contributed by atoms with van der Waals surface area (Å²) in [4.78, 5) is 16.2. The first kappa shape index (κ1) is 11.6. The third-order valence-electron chi connectivity index (χ3n) is 2.35. The Kier molecular flexibility index (Phi) is 3.10. The van der Waals surface area contributed by atoms with Crippen molar-refractivity contribution in [1.82, 2.24) is 4.98 Å². The molecule has 0 bridgehead atoms. The lowest BCUT2D eigenvalue weighted by molar-refractivity contribution is 0.102. The van der Waals surface area contributed by atoms with Crippen molar-refractivity contribution in [3.05, 3.63) is 40.4 Å². The Morgan fingerprint density at radius 1 is 1.41 bits per heavy atom. The minimum Gasteiger partial charge on any atom is -0.399 e. The SMILES string of the molecule is Cc1csc(NC(=O)c2cc(N)ccc2C)n1. The number of aryl methyl sites for hydroxylation is 2. The standard InChI is InChI=1S/C12H13N3OS/c1-7-3-4-9(13)5-10(7)11(16)15-12-14-8(2)6-17-12/h3-6H,13H2,1-2H3,(H,14,15,16). The van der Waals surface area contributed by atoms with Crippen LogP contribution in [0.1, 0.15) is 21.6 Å². The van der Waals surface area contributed by atoms with Crippen LogP contribution in [0, 0.1) is 13.8 Å². The van der Waals surface area contributed by atoms with Gasteiger partial charge in [0, 0.05) is 16.6 Å². The third-order valence-corrected chi connectivity index (χ3v) is 3.22. The van der Waals surface area contributed by atoms with Crippen LogP contribution in [0.25, 0.3) is 0 Å². The Labute approximate surface area is 103 Å². The van der Waals surface area contributed by atoms with Crippen LogP contribution < -0.4 is 11.1 Å². The summed E-state index contributed by atoms with van der Waals surface area (Å²) in [5, 5.41) is 5.26. The highest BCUT2D eigenvalue weighted by molar-refractivity contribution is 7.13. The maximum absolute atomic E-state index is 12.0. The fourth-order valence-corrected chi connectivity index (χ4v) is 2.14. The summed E-state index contributed by atoms with van der Waals surface area (Å²) in [5.74, 6) is -0.177. The third kappa shape index (κ3) is 2.62. The summed E-state index contributed by atoms with van der Waals surface area (Å²) >= 11 is 1.41. The molecule has 1 aromatic heterocycles. The van der Waals surface area contributed by atoms with Crippen LogP contribution in [0.4, 0.5) is 10.8 Å². The van der Waals surface area contributed by atoms with Gasteiger partial charge in [-0.2, -0.15) is 0 Å². The number of nitrogens with two attached hydrogens (primary N) is 1. The number of hydrogen-bond donors (Lipinski definition) is 2. The second-order valence-electron chi connectivity index (χ2n) is 3.82. The van der Waals surface area contributed by atoms with Crippen molar-refractivity contribution >= 4 is 28.1 Å². The number of anilines is 2. The quantitative estimate of drug-likeness (QED) is 0.801. The van der Waals surface area contributed by atoms with Gasteiger partial charge in [0.25, 0.3) is 5.91 Å². The molecule has 5 heteroatoms. The summed E-state index contributed by atoms with van der Waals surface area (Å²) in [6, 6.07) is 5.28. The molecule has 1 heterocycles. The van der Waals surface area contributed by atoms with Crippen LogP contribution in [0.5, 0.6) is 0 Å². The Balaban J connectivity index is 2.22. The minimum absolute atomic E-state index is 0.177. The number of nitrogen functional groups attached to an aromatic ring is 1. The highest BCUT2D eigenvalue weighted by Crippen LogP contribution is 2.18. The Morgan fingerprint density at radius 2 is 2.18 bits per heavy atom. The second kappa shape index (κ2) is 4.55. The van der Waals surface area contributed by atoms with Crippen molar-refractivity contribution in [2.75, 3.05) is 11.1 Å². The number of carbonyl (C=O) groups is 1. The molecular formula is C12H13N3OS. The molecule has 0 aliphatic rings. The number of carbonyl (C=O) groups excluding carboxylic acids is 1. The second-order valence-corrected chi connectivity index (χ2v) is 4.68. The molecule has 0 saturated heterocycles. The molecule has 2 aromatic rings. The lowest BCUT2D eigenvalue weighted by atomic mass is 10.1. The molecule has 1 amide bonds. The number of aromatic nitrogens is 1. The largest absolute Gasteiger partial charge is 0.399 e. The molecule has 0 saturated carbocycles. The maximum atomic E-state index is 12.0. The van der Waals surface area contributed by atoms with Crippen molar-refractivity contribution < 1.29 is 4.79 Å². The summed E-state index contributed by atoms with van der Waals surface area (Å²) < 4.78 is 0. The van der Waals surface area contributed by atoms with Crippen molar-refractivity contribution in [1.29, 1.82) is 0 Å². The molecule has 0 atom stereocenters. The summed E-state index contributed by atoms with van der Waals surface area (Å²) in [6.45, 7) is 3.76. The van der Waals surface area contributed by atoms with Gasteiger partial charge in [-0.3, -0.25) is 10.1 Å². The lowest BCUT2D eigenvalue weighted by Gasteiger charge is -2.06. The highest BCUT2D eigenvalue weighted by Gasteiger charge is 2.11. The zero-order valence-electron chi connectivity index (χ0n) is 9.65. The van der Waals surface area contributed by atoms with Crippen LogP contribution in [0.15, 0.2) is 23.6 Å². The smallest absolute Gasteiger partial charge is 0.257 e. The van der Waals surface area contributed by atoms with E-state index in [-0.39, 0.29) is 5.91 Å². The molecule has 3 N–H and O–H groups in total. The summed E-state index contributed by atoms with van der Waals surface area (Å²) in [6.07, 6.45) is 0. The number of nitrogens with one attached hydrogen (secondary N) is 1. The van der Waals surface area contributed by atoms with E-state index in [4.69, 9.17) is 5.73 Å². The number of rotatable bonds is 2. The van der Waals surface area contributed by atoms with E-state index in [1.165, 1.54) is 11.3 Å². The summed E-state index contributed by atoms with van der Waals surface area (Å²) in [5.41, 5.74) is 8.62. The topological polar surface area (TPSA) is 68.0 Å². The summed E-state index contributed by atoms with van der Waals surface area (Å²) in [7, 11) is 0. The van der Waals surface area contributed by atoms with Gasteiger partial charge >= 0.3 is 0 Å². The van der Waals surface area contributed by atoms with E-state index in [2.05, 4.69) is 10.3 Å². The molecule has 0 aliphatic heterocycles. The van der Waals surface area contributed by atoms with Gasteiger partial charge in [-0.1, -0.05) is 6.07 Å². The monoisotopic (exact) mass is 247 g/mol.